The number of anilines is 2. The Morgan fingerprint density at radius 1 is 0.846 bits per heavy atom. The molecule has 0 spiro atoms. The lowest BCUT2D eigenvalue weighted by Gasteiger charge is -2.15. The van der Waals surface area contributed by atoms with Gasteiger partial charge in [-0.25, -0.2) is 4.79 Å². The smallest absolute Gasteiger partial charge is 0.323 e. The highest BCUT2D eigenvalue weighted by Gasteiger charge is 2.15. The highest BCUT2D eigenvalue weighted by atomic mass is 35.5. The summed E-state index contributed by atoms with van der Waals surface area (Å²) in [5.41, 5.74) is 4.45. The molecule has 0 atom stereocenters. The average Bonchev–Trinajstić information content (AvgIpc) is 3.33. The zero-order valence-corrected chi connectivity index (χ0v) is 25.2. The molecule has 0 saturated heterocycles. The van der Waals surface area contributed by atoms with Gasteiger partial charge in [0.15, 0.2) is 18.5 Å². The number of rotatable bonds is 18. The number of benzene rings is 2. The molecule has 2 aromatic carbocycles. The molecule has 0 aliphatic heterocycles. The first-order valence-corrected chi connectivity index (χ1v) is 15.8. The van der Waals surface area contributed by atoms with Gasteiger partial charge in [-0.1, -0.05) is 125 Å². The number of unbranched alkanes of at least 4 members (excludes halogenated alkanes) is 11. The lowest BCUT2D eigenvalue weighted by atomic mass is 10.1. The first-order valence-electron chi connectivity index (χ1n) is 14.6. The topological polar surface area (TPSA) is 54.2 Å². The van der Waals surface area contributed by atoms with Crippen molar-refractivity contribution in [1.82, 2.24) is 0 Å². The first-order chi connectivity index (χ1) is 19.1. The van der Waals surface area contributed by atoms with Crippen LogP contribution in [0.5, 0.6) is 5.75 Å². The van der Waals surface area contributed by atoms with E-state index in [2.05, 4.69) is 40.8 Å². The van der Waals surface area contributed by atoms with Crippen molar-refractivity contribution in [3.63, 3.8) is 0 Å². The van der Waals surface area contributed by atoms with Gasteiger partial charge in [-0.15, -0.1) is 0 Å². The Kier molecular flexibility index (Phi) is 14.2. The average molecular weight is 571 g/mol. The molecule has 212 valence electrons. The molecule has 0 unspecified atom stereocenters. The fraction of sp³-hybridized carbons (Fsp3) is 0.500. The minimum atomic E-state index is -0.327. The van der Waals surface area contributed by atoms with E-state index in [1.807, 2.05) is 36.4 Å². The number of aryl methyl sites for hydroxylation is 1. The van der Waals surface area contributed by atoms with E-state index in [0.29, 0.717) is 29.6 Å². The molecule has 0 aliphatic carbocycles. The van der Waals surface area contributed by atoms with E-state index in [1.54, 1.807) is 17.4 Å². The van der Waals surface area contributed by atoms with Crippen molar-refractivity contribution >= 4 is 40.3 Å². The SMILES string of the molecule is CCCCCCCCCCCCCCOc1c(Cl)cccc1NC(=O)Nc1ccccc1C[n+]1csc(C)c1. The van der Waals surface area contributed by atoms with Crippen LogP contribution in [0.25, 0.3) is 0 Å². The summed E-state index contributed by atoms with van der Waals surface area (Å²) in [5, 5.41) is 6.42. The zero-order valence-electron chi connectivity index (χ0n) is 23.6. The fourth-order valence-corrected chi connectivity index (χ4v) is 5.51. The predicted molar refractivity (Wildman–Crippen MR) is 165 cm³/mol. The molecule has 3 rings (SSSR count). The maximum atomic E-state index is 12.9. The Labute approximate surface area is 243 Å². The summed E-state index contributed by atoms with van der Waals surface area (Å²) in [4.78, 5) is 14.2. The van der Waals surface area contributed by atoms with Crippen LogP contribution in [-0.2, 0) is 6.54 Å². The predicted octanol–water partition coefficient (Wildman–Crippen LogP) is 9.77. The van der Waals surface area contributed by atoms with Gasteiger partial charge in [-0.2, -0.15) is 4.57 Å². The molecular formula is C32H45ClN3O2S+. The van der Waals surface area contributed by atoms with E-state index in [0.717, 1.165) is 24.1 Å². The van der Waals surface area contributed by atoms with Crippen molar-refractivity contribution < 1.29 is 14.1 Å². The summed E-state index contributed by atoms with van der Waals surface area (Å²) < 4.78 is 8.16. The monoisotopic (exact) mass is 570 g/mol. The second-order valence-corrected chi connectivity index (χ2v) is 11.7. The van der Waals surface area contributed by atoms with Gasteiger partial charge in [0.1, 0.15) is 0 Å². The Bertz CT molecular complexity index is 1130. The zero-order chi connectivity index (χ0) is 27.7. The molecule has 0 radical (unpaired) electrons. The standard InChI is InChI=1S/C32H44ClN3O2S/c1-3-4-5-6-7-8-9-10-11-12-13-16-22-38-31-28(33)19-17-21-30(31)35-32(37)34-29-20-15-14-18-27(29)24-36-23-26(2)39-25-36/h14-15,17-21,23,25H,3-13,16,22,24H2,1-2H3,(H-,34,35,37)/p+1. The molecule has 39 heavy (non-hydrogen) atoms. The number of thiazole rings is 1. The Morgan fingerprint density at radius 3 is 2.13 bits per heavy atom. The molecule has 0 fully saturated rings. The van der Waals surface area contributed by atoms with Crippen molar-refractivity contribution in [2.24, 2.45) is 0 Å². The third-order valence-electron chi connectivity index (χ3n) is 6.80. The number of hydrogen-bond donors (Lipinski definition) is 2. The third kappa shape index (κ3) is 11.6. The summed E-state index contributed by atoms with van der Waals surface area (Å²) in [6, 6.07) is 12.9. The van der Waals surface area contributed by atoms with Crippen LogP contribution in [-0.4, -0.2) is 12.6 Å². The van der Waals surface area contributed by atoms with E-state index in [-0.39, 0.29) is 6.03 Å². The molecule has 1 heterocycles. The third-order valence-corrected chi connectivity index (χ3v) is 7.95. The molecule has 2 amide bonds. The van der Waals surface area contributed by atoms with Gasteiger partial charge >= 0.3 is 6.03 Å². The number of nitrogens with one attached hydrogen (secondary N) is 2. The van der Waals surface area contributed by atoms with Crippen LogP contribution in [0.2, 0.25) is 5.02 Å². The molecule has 3 aromatic rings. The lowest BCUT2D eigenvalue weighted by Crippen LogP contribution is -2.31. The molecular weight excluding hydrogens is 526 g/mol. The summed E-state index contributed by atoms with van der Waals surface area (Å²) in [5.74, 6) is 0.523. The second kappa shape index (κ2) is 17.9. The van der Waals surface area contributed by atoms with Gasteiger partial charge in [0.25, 0.3) is 0 Å². The maximum Gasteiger partial charge on any atom is 0.323 e. The van der Waals surface area contributed by atoms with Crippen LogP contribution < -0.4 is 19.9 Å². The Hall–Kier alpha value is -2.57. The molecule has 0 saturated carbocycles. The minimum Gasteiger partial charge on any atom is -0.490 e. The number of halogens is 1. The second-order valence-electron chi connectivity index (χ2n) is 10.2. The van der Waals surface area contributed by atoms with Crippen molar-refractivity contribution in [2.45, 2.75) is 97.4 Å². The van der Waals surface area contributed by atoms with E-state index in [1.165, 1.54) is 69.1 Å². The van der Waals surface area contributed by atoms with Crippen LogP contribution in [0.15, 0.2) is 54.2 Å². The number of nitrogens with zero attached hydrogens (tertiary/aromatic N) is 1. The summed E-state index contributed by atoms with van der Waals surface area (Å²) in [6.45, 7) is 5.62. The highest BCUT2D eigenvalue weighted by Crippen LogP contribution is 2.33. The van der Waals surface area contributed by atoms with E-state index >= 15 is 0 Å². The number of ether oxygens (including phenoxy) is 1. The number of aromatic nitrogens is 1. The first kappa shape index (κ1) is 31.0. The van der Waals surface area contributed by atoms with Crippen molar-refractivity contribution in [2.75, 3.05) is 17.2 Å². The number of para-hydroxylation sites is 2. The molecule has 2 N–H and O–H groups in total. The van der Waals surface area contributed by atoms with Crippen LogP contribution in [0.3, 0.4) is 0 Å². The number of carbonyl (C=O) groups is 1. The molecule has 5 nitrogen and oxygen atoms in total. The lowest BCUT2D eigenvalue weighted by molar-refractivity contribution is -0.683. The van der Waals surface area contributed by atoms with E-state index in [9.17, 15) is 4.79 Å². The van der Waals surface area contributed by atoms with Crippen molar-refractivity contribution in [3.05, 3.63) is 69.6 Å². The van der Waals surface area contributed by atoms with Crippen LogP contribution in [0, 0.1) is 6.92 Å². The van der Waals surface area contributed by atoms with Gasteiger partial charge in [0.2, 0.25) is 5.51 Å². The van der Waals surface area contributed by atoms with Gasteiger partial charge in [0, 0.05) is 5.56 Å². The normalized spacial score (nSPS) is 10.9. The Morgan fingerprint density at radius 2 is 1.46 bits per heavy atom. The maximum absolute atomic E-state index is 12.9. The largest absolute Gasteiger partial charge is 0.490 e. The highest BCUT2D eigenvalue weighted by molar-refractivity contribution is 7.09. The Balaban J connectivity index is 1.40. The van der Waals surface area contributed by atoms with Gasteiger partial charge < -0.3 is 15.4 Å². The summed E-state index contributed by atoms with van der Waals surface area (Å²) in [6.07, 6.45) is 17.7. The minimum absolute atomic E-state index is 0.327. The van der Waals surface area contributed by atoms with Crippen LogP contribution in [0.4, 0.5) is 16.2 Å². The van der Waals surface area contributed by atoms with Crippen molar-refractivity contribution in [3.8, 4) is 5.75 Å². The summed E-state index contributed by atoms with van der Waals surface area (Å²) in [7, 11) is 0. The quantitative estimate of drug-likeness (QED) is 0.118. The van der Waals surface area contributed by atoms with E-state index in [4.69, 9.17) is 16.3 Å². The molecule has 0 bridgehead atoms. The molecule has 0 aliphatic rings. The van der Waals surface area contributed by atoms with Gasteiger partial charge in [-0.3, -0.25) is 0 Å². The number of carbonyl (C=O) groups excluding carboxylic acids is 1. The molecule has 1 aromatic heterocycles. The van der Waals surface area contributed by atoms with Crippen molar-refractivity contribution in [1.29, 1.82) is 0 Å². The van der Waals surface area contributed by atoms with E-state index < -0.39 is 0 Å². The van der Waals surface area contributed by atoms with Crippen LogP contribution in [0.1, 0.15) is 94.4 Å². The number of hydrogen-bond acceptors (Lipinski definition) is 3. The van der Waals surface area contributed by atoms with Crippen LogP contribution >= 0.6 is 22.9 Å². The summed E-state index contributed by atoms with van der Waals surface area (Å²) >= 11 is 8.14. The number of urea groups is 1. The van der Waals surface area contributed by atoms with Gasteiger partial charge in [-0.05, 0) is 31.5 Å². The molecule has 7 heteroatoms. The fourth-order valence-electron chi connectivity index (χ4n) is 4.65. The number of amides is 2. The van der Waals surface area contributed by atoms with Gasteiger partial charge in [0.05, 0.1) is 27.9 Å².